The number of carboxylic acid groups (broad SMARTS) is 1. The van der Waals surface area contributed by atoms with Gasteiger partial charge in [0.15, 0.2) is 11.5 Å². The van der Waals surface area contributed by atoms with E-state index in [-0.39, 0.29) is 31.2 Å². The number of carbonyl (C=O) groups excluding carboxylic acids is 1. The number of rotatable bonds is 12. The Kier molecular flexibility index (Phi) is 8.79. The molecule has 0 bridgehead atoms. The lowest BCUT2D eigenvalue weighted by molar-refractivity contribution is -0.143. The summed E-state index contributed by atoms with van der Waals surface area (Å²) in [7, 11) is 0. The van der Waals surface area contributed by atoms with Crippen LogP contribution in [0.1, 0.15) is 70.8 Å². The van der Waals surface area contributed by atoms with Crippen LogP contribution in [0.5, 0.6) is 11.5 Å². The van der Waals surface area contributed by atoms with Crippen LogP contribution in [-0.4, -0.2) is 65.8 Å². The quantitative estimate of drug-likeness (QED) is 0.520. The second-order valence-corrected chi connectivity index (χ2v) is 8.96. The fraction of sp³-hybridized carbons (Fsp3) is 0.680. The van der Waals surface area contributed by atoms with Crippen LogP contribution in [0.25, 0.3) is 0 Å². The van der Waals surface area contributed by atoms with Crippen molar-refractivity contribution in [1.82, 2.24) is 9.80 Å². The molecular formula is C25H38N2O5. The molecule has 0 spiro atoms. The van der Waals surface area contributed by atoms with Crippen LogP contribution in [0.2, 0.25) is 0 Å². The number of amides is 1. The first-order chi connectivity index (χ1) is 15.5. The molecule has 2 aliphatic rings. The molecule has 0 aromatic heterocycles. The third kappa shape index (κ3) is 5.55. The van der Waals surface area contributed by atoms with E-state index in [0.29, 0.717) is 18.0 Å². The first kappa shape index (κ1) is 24.4. The Bertz CT molecular complexity index is 776. The SMILES string of the molecule is CCCCN(CCCC)C(=O)CN1CC(c2ccc3c(c2)OCO3)C(C(=O)O)C1CCC. The third-order valence-electron chi connectivity index (χ3n) is 6.70. The topological polar surface area (TPSA) is 79.3 Å². The number of hydrogen-bond donors (Lipinski definition) is 1. The number of unbranched alkanes of at least 4 members (excludes halogenated alkanes) is 2. The first-order valence-electron chi connectivity index (χ1n) is 12.1. The third-order valence-corrected chi connectivity index (χ3v) is 6.70. The lowest BCUT2D eigenvalue weighted by Gasteiger charge is -2.29. The second kappa shape index (κ2) is 11.5. The van der Waals surface area contributed by atoms with Crippen molar-refractivity contribution in [2.24, 2.45) is 5.92 Å². The highest BCUT2D eigenvalue weighted by atomic mass is 16.7. The summed E-state index contributed by atoms with van der Waals surface area (Å²) in [4.78, 5) is 29.7. The van der Waals surface area contributed by atoms with Gasteiger partial charge in [0.25, 0.3) is 0 Å². The van der Waals surface area contributed by atoms with Crippen molar-refractivity contribution in [3.05, 3.63) is 23.8 Å². The monoisotopic (exact) mass is 446 g/mol. The summed E-state index contributed by atoms with van der Waals surface area (Å²) >= 11 is 0. The molecule has 1 aromatic rings. The van der Waals surface area contributed by atoms with Crippen molar-refractivity contribution in [2.75, 3.05) is 33.0 Å². The molecule has 1 N–H and O–H groups in total. The molecule has 1 amide bonds. The average Bonchev–Trinajstić information content (AvgIpc) is 3.38. The lowest BCUT2D eigenvalue weighted by atomic mass is 9.84. The number of fused-ring (bicyclic) bond motifs is 1. The van der Waals surface area contributed by atoms with Crippen LogP contribution < -0.4 is 9.47 Å². The predicted molar refractivity (Wildman–Crippen MR) is 123 cm³/mol. The number of likely N-dealkylation sites (tertiary alicyclic amines) is 1. The molecule has 2 heterocycles. The molecule has 0 radical (unpaired) electrons. The Hall–Kier alpha value is -2.28. The minimum Gasteiger partial charge on any atom is -0.481 e. The summed E-state index contributed by atoms with van der Waals surface area (Å²) in [5.74, 6) is -0.0657. The first-order valence-corrected chi connectivity index (χ1v) is 12.1. The van der Waals surface area contributed by atoms with Gasteiger partial charge in [0, 0.05) is 31.6 Å². The highest BCUT2D eigenvalue weighted by Gasteiger charge is 2.47. The molecule has 3 rings (SSSR count). The molecular weight excluding hydrogens is 408 g/mol. The van der Waals surface area contributed by atoms with Gasteiger partial charge in [-0.25, -0.2) is 0 Å². The number of carbonyl (C=O) groups is 2. The maximum atomic E-state index is 13.2. The number of carboxylic acids is 1. The summed E-state index contributed by atoms with van der Waals surface area (Å²) in [6.45, 7) is 8.91. The molecule has 178 valence electrons. The van der Waals surface area contributed by atoms with Crippen molar-refractivity contribution in [3.63, 3.8) is 0 Å². The molecule has 7 heteroatoms. The standard InChI is InChI=1S/C25H38N2O5/c1-4-7-12-26(13-8-5-2)23(28)16-27-15-19(24(25(29)30)20(27)9-6-3)18-10-11-21-22(14-18)32-17-31-21/h10-11,14,19-20,24H,4-9,12-13,15-17H2,1-3H3,(H,29,30). The molecule has 0 saturated carbocycles. The van der Waals surface area contributed by atoms with E-state index >= 15 is 0 Å². The molecule has 7 nitrogen and oxygen atoms in total. The molecule has 3 unspecified atom stereocenters. The summed E-state index contributed by atoms with van der Waals surface area (Å²) in [6, 6.07) is 5.55. The van der Waals surface area contributed by atoms with Crippen molar-refractivity contribution in [3.8, 4) is 11.5 Å². The van der Waals surface area contributed by atoms with E-state index in [1.807, 2.05) is 23.1 Å². The smallest absolute Gasteiger partial charge is 0.308 e. The Morgan fingerprint density at radius 1 is 1.06 bits per heavy atom. The zero-order valence-corrected chi connectivity index (χ0v) is 19.7. The number of hydrogen-bond acceptors (Lipinski definition) is 5. The summed E-state index contributed by atoms with van der Waals surface area (Å²) < 4.78 is 10.9. The predicted octanol–water partition coefficient (Wildman–Crippen LogP) is 4.11. The molecule has 2 aliphatic heterocycles. The van der Waals surface area contributed by atoms with Gasteiger partial charge in [-0.05, 0) is 37.0 Å². The van der Waals surface area contributed by atoms with E-state index in [0.717, 1.165) is 57.2 Å². The van der Waals surface area contributed by atoms with Gasteiger partial charge in [0.2, 0.25) is 12.7 Å². The van der Waals surface area contributed by atoms with Crippen molar-refractivity contribution in [1.29, 1.82) is 0 Å². The summed E-state index contributed by atoms with van der Waals surface area (Å²) in [6.07, 6.45) is 5.71. The van der Waals surface area contributed by atoms with Crippen LogP contribution >= 0.6 is 0 Å². The van der Waals surface area contributed by atoms with E-state index in [4.69, 9.17) is 9.47 Å². The maximum absolute atomic E-state index is 13.2. The van der Waals surface area contributed by atoms with Gasteiger partial charge < -0.3 is 19.5 Å². The summed E-state index contributed by atoms with van der Waals surface area (Å²) in [5, 5.41) is 10.2. The minimum absolute atomic E-state index is 0.114. The number of aliphatic carboxylic acids is 1. The zero-order chi connectivity index (χ0) is 23.1. The summed E-state index contributed by atoms with van der Waals surface area (Å²) in [5.41, 5.74) is 0.937. The van der Waals surface area contributed by atoms with Gasteiger partial charge in [0.05, 0.1) is 12.5 Å². The number of nitrogens with zero attached hydrogens (tertiary/aromatic N) is 2. The van der Waals surface area contributed by atoms with Crippen molar-refractivity contribution < 1.29 is 24.2 Å². The number of benzene rings is 1. The van der Waals surface area contributed by atoms with Crippen LogP contribution in [-0.2, 0) is 9.59 Å². The van der Waals surface area contributed by atoms with E-state index < -0.39 is 11.9 Å². The van der Waals surface area contributed by atoms with E-state index in [9.17, 15) is 14.7 Å². The minimum atomic E-state index is -0.796. The van der Waals surface area contributed by atoms with Gasteiger partial charge in [-0.15, -0.1) is 0 Å². The van der Waals surface area contributed by atoms with Crippen LogP contribution in [0.4, 0.5) is 0 Å². The van der Waals surface area contributed by atoms with Crippen molar-refractivity contribution >= 4 is 11.9 Å². The number of ether oxygens (including phenoxy) is 2. The molecule has 1 saturated heterocycles. The Morgan fingerprint density at radius 3 is 2.38 bits per heavy atom. The van der Waals surface area contributed by atoms with Gasteiger partial charge in [-0.2, -0.15) is 0 Å². The lowest BCUT2D eigenvalue weighted by Crippen LogP contribution is -2.44. The Labute approximate surface area is 191 Å². The highest BCUT2D eigenvalue weighted by Crippen LogP contribution is 2.42. The van der Waals surface area contributed by atoms with Gasteiger partial charge in [0.1, 0.15) is 0 Å². The highest BCUT2D eigenvalue weighted by molar-refractivity contribution is 5.79. The molecule has 0 aliphatic carbocycles. The second-order valence-electron chi connectivity index (χ2n) is 8.96. The molecule has 32 heavy (non-hydrogen) atoms. The van der Waals surface area contributed by atoms with E-state index in [2.05, 4.69) is 25.7 Å². The van der Waals surface area contributed by atoms with Gasteiger partial charge in [-0.3, -0.25) is 14.5 Å². The van der Waals surface area contributed by atoms with Gasteiger partial charge in [-0.1, -0.05) is 46.1 Å². The molecule has 1 aromatic carbocycles. The fourth-order valence-corrected chi connectivity index (χ4v) is 4.96. The fourth-order valence-electron chi connectivity index (χ4n) is 4.96. The Morgan fingerprint density at radius 2 is 1.75 bits per heavy atom. The normalized spacial score (nSPS) is 22.3. The van der Waals surface area contributed by atoms with Crippen LogP contribution in [0.15, 0.2) is 18.2 Å². The van der Waals surface area contributed by atoms with Crippen LogP contribution in [0.3, 0.4) is 0 Å². The maximum Gasteiger partial charge on any atom is 0.308 e. The zero-order valence-electron chi connectivity index (χ0n) is 19.7. The van der Waals surface area contributed by atoms with E-state index in [1.165, 1.54) is 0 Å². The van der Waals surface area contributed by atoms with E-state index in [1.54, 1.807) is 0 Å². The molecule has 1 fully saturated rings. The Balaban J connectivity index is 1.81. The largest absolute Gasteiger partial charge is 0.481 e. The van der Waals surface area contributed by atoms with Crippen molar-refractivity contribution in [2.45, 2.75) is 71.3 Å². The van der Waals surface area contributed by atoms with Crippen LogP contribution in [0, 0.1) is 5.92 Å². The average molecular weight is 447 g/mol. The van der Waals surface area contributed by atoms with Gasteiger partial charge >= 0.3 is 5.97 Å². The molecule has 3 atom stereocenters.